The molecule has 0 saturated carbocycles. The zero-order valence-corrected chi connectivity index (χ0v) is 17.1. The molecule has 7 nitrogen and oxygen atoms in total. The maximum absolute atomic E-state index is 10.1. The lowest BCUT2D eigenvalue weighted by Crippen LogP contribution is -2.36. The summed E-state index contributed by atoms with van der Waals surface area (Å²) in [6.07, 6.45) is 3.18. The largest absolute Gasteiger partial charge is 0.432 e. The molecule has 4 N–H and O–H groups in total. The zero-order valence-electron chi connectivity index (χ0n) is 15.5. The molecule has 1 unspecified atom stereocenters. The van der Waals surface area contributed by atoms with Gasteiger partial charge in [0.05, 0.1) is 39.8 Å². The molecule has 0 aliphatic carbocycles. The fourth-order valence-corrected chi connectivity index (χ4v) is 3.49. The van der Waals surface area contributed by atoms with Gasteiger partial charge in [0.25, 0.3) is 5.68 Å². The van der Waals surface area contributed by atoms with Crippen molar-refractivity contribution in [1.29, 1.82) is 5.41 Å². The van der Waals surface area contributed by atoms with Gasteiger partial charge in [0.2, 0.25) is 5.95 Å². The molecule has 150 valence electrons. The molecule has 9 heteroatoms. The van der Waals surface area contributed by atoms with Gasteiger partial charge >= 0.3 is 0 Å². The first-order valence-corrected chi connectivity index (χ1v) is 9.66. The van der Waals surface area contributed by atoms with Gasteiger partial charge in [0, 0.05) is 6.20 Å². The van der Waals surface area contributed by atoms with Crippen molar-refractivity contribution in [3.05, 3.63) is 75.7 Å². The van der Waals surface area contributed by atoms with Crippen LogP contribution in [-0.2, 0) is 12.1 Å². The number of aliphatic hydroxyl groups is 1. The minimum atomic E-state index is -0.823. The summed E-state index contributed by atoms with van der Waals surface area (Å²) in [5, 5.41) is 22.0. The number of aromatic amines is 1. The third-order valence-electron chi connectivity index (χ3n) is 4.89. The number of aromatic nitrogens is 3. The number of oxazole rings is 1. The highest BCUT2D eigenvalue weighted by molar-refractivity contribution is 6.42. The molecule has 0 aliphatic heterocycles. The van der Waals surface area contributed by atoms with Crippen LogP contribution in [0.3, 0.4) is 0 Å². The summed E-state index contributed by atoms with van der Waals surface area (Å²) in [5.41, 5.74) is 2.58. The number of hydrogen-bond donors (Lipinski definition) is 4. The van der Waals surface area contributed by atoms with E-state index < -0.39 is 5.54 Å². The van der Waals surface area contributed by atoms with Crippen molar-refractivity contribution in [3.8, 4) is 0 Å². The normalized spacial score (nSPS) is 13.5. The molecule has 0 amide bonds. The third kappa shape index (κ3) is 3.76. The van der Waals surface area contributed by atoms with Crippen LogP contribution in [0.1, 0.15) is 18.1 Å². The maximum Gasteiger partial charge on any atom is 0.293 e. The van der Waals surface area contributed by atoms with Crippen LogP contribution < -0.4 is 11.0 Å². The van der Waals surface area contributed by atoms with Crippen molar-refractivity contribution < 1.29 is 9.52 Å². The van der Waals surface area contributed by atoms with E-state index in [9.17, 15) is 5.11 Å². The molecular formula is C20H19Cl2N5O2. The van der Waals surface area contributed by atoms with Gasteiger partial charge in [-0.05, 0) is 36.2 Å². The van der Waals surface area contributed by atoms with Gasteiger partial charge in [0.15, 0.2) is 0 Å². The van der Waals surface area contributed by atoms with Crippen LogP contribution in [0, 0.1) is 5.41 Å². The zero-order chi connectivity index (χ0) is 20.6. The van der Waals surface area contributed by atoms with Crippen LogP contribution in [0.2, 0.25) is 10.0 Å². The predicted molar refractivity (Wildman–Crippen MR) is 112 cm³/mol. The predicted octanol–water partition coefficient (Wildman–Crippen LogP) is 4.11. The molecular weight excluding hydrogens is 413 g/mol. The minimum absolute atomic E-state index is 0.0726. The number of rotatable bonds is 6. The topological polar surface area (TPSA) is 103 Å². The number of fused-ring (bicyclic) bond motifs is 1. The van der Waals surface area contributed by atoms with Crippen LogP contribution in [-0.4, -0.2) is 26.2 Å². The van der Waals surface area contributed by atoms with Crippen LogP contribution in [0.15, 0.2) is 53.3 Å². The molecule has 0 fully saturated rings. The summed E-state index contributed by atoms with van der Waals surface area (Å²) in [6, 6.07) is 11.0. The van der Waals surface area contributed by atoms with Gasteiger partial charge in [0.1, 0.15) is 6.26 Å². The Balaban J connectivity index is 1.68. The highest BCUT2D eigenvalue weighted by Gasteiger charge is 2.27. The Labute approximate surface area is 176 Å². The lowest BCUT2D eigenvalue weighted by atomic mass is 9.93. The molecule has 29 heavy (non-hydrogen) atoms. The second-order valence-electron chi connectivity index (χ2n) is 6.98. The molecule has 0 bridgehead atoms. The Morgan fingerprint density at radius 1 is 1.28 bits per heavy atom. The number of hydrogen-bond acceptors (Lipinski definition) is 5. The van der Waals surface area contributed by atoms with Crippen molar-refractivity contribution in [2.24, 2.45) is 0 Å². The SMILES string of the molecule is CC(CO)(Nc1nc2c(Cn3ccoc3=N)cccc2[nH]1)c1ccc(Cl)c(Cl)c1. The molecule has 1 atom stereocenters. The van der Waals surface area contributed by atoms with Gasteiger partial charge < -0.3 is 19.8 Å². The molecule has 2 aromatic heterocycles. The van der Waals surface area contributed by atoms with Gasteiger partial charge in [-0.25, -0.2) is 4.98 Å². The van der Waals surface area contributed by atoms with Gasteiger partial charge in [-0.15, -0.1) is 0 Å². The van der Waals surface area contributed by atoms with E-state index in [1.54, 1.807) is 22.9 Å². The fraction of sp³-hybridized carbons (Fsp3) is 0.200. The van der Waals surface area contributed by atoms with E-state index in [1.807, 2.05) is 31.2 Å². The number of nitrogens with zero attached hydrogens (tertiary/aromatic N) is 2. The van der Waals surface area contributed by atoms with Crippen molar-refractivity contribution in [2.75, 3.05) is 11.9 Å². The van der Waals surface area contributed by atoms with Crippen molar-refractivity contribution >= 4 is 40.2 Å². The maximum atomic E-state index is 10.1. The quantitative estimate of drug-likeness (QED) is 0.368. The Bertz CT molecular complexity index is 1230. The highest BCUT2D eigenvalue weighted by Crippen LogP contribution is 2.31. The minimum Gasteiger partial charge on any atom is -0.432 e. The second kappa shape index (κ2) is 7.59. The standard InChI is InChI=1S/C20H19Cl2N5O2/c1-20(11-28,13-5-6-14(21)15(22)9-13)26-19-24-16-4-2-3-12(17(16)25-19)10-27-7-8-29-18(27)23/h2-9,23,28H,10-11H2,1H3,(H2,24,25,26). The smallest absolute Gasteiger partial charge is 0.293 e. The average molecular weight is 432 g/mol. The van der Waals surface area contributed by atoms with Crippen LogP contribution in [0.5, 0.6) is 0 Å². The van der Waals surface area contributed by atoms with Crippen molar-refractivity contribution in [3.63, 3.8) is 0 Å². The number of H-pyrrole nitrogens is 1. The fourth-order valence-electron chi connectivity index (χ4n) is 3.19. The first-order chi connectivity index (χ1) is 13.9. The number of nitrogens with one attached hydrogen (secondary N) is 3. The molecule has 4 rings (SSSR count). The van der Waals surface area contributed by atoms with Crippen molar-refractivity contribution in [2.45, 2.75) is 19.0 Å². The second-order valence-corrected chi connectivity index (χ2v) is 7.79. The summed E-state index contributed by atoms with van der Waals surface area (Å²) in [7, 11) is 0. The summed E-state index contributed by atoms with van der Waals surface area (Å²) in [4.78, 5) is 7.92. The summed E-state index contributed by atoms with van der Waals surface area (Å²) < 4.78 is 6.73. The number of para-hydroxylation sites is 1. The van der Waals surface area contributed by atoms with Crippen LogP contribution in [0.4, 0.5) is 5.95 Å². The van der Waals surface area contributed by atoms with E-state index in [0.717, 1.165) is 22.2 Å². The molecule has 4 aromatic rings. The van der Waals surface area contributed by atoms with E-state index in [1.165, 1.54) is 6.26 Å². The number of anilines is 1. The summed E-state index contributed by atoms with van der Waals surface area (Å²) >= 11 is 12.2. The van der Waals surface area contributed by atoms with Gasteiger partial charge in [-0.3, -0.25) is 9.98 Å². The number of halogens is 2. The summed E-state index contributed by atoms with van der Waals surface area (Å²) in [5.74, 6) is 0.512. The molecule has 0 spiro atoms. The molecule has 0 radical (unpaired) electrons. The molecule has 0 saturated heterocycles. The first-order valence-electron chi connectivity index (χ1n) is 8.90. The number of benzene rings is 2. The molecule has 0 aliphatic rings. The lowest BCUT2D eigenvalue weighted by molar-refractivity contribution is 0.223. The third-order valence-corrected chi connectivity index (χ3v) is 5.62. The first kappa shape index (κ1) is 19.6. The monoisotopic (exact) mass is 431 g/mol. The Morgan fingerprint density at radius 3 is 2.79 bits per heavy atom. The Hall–Kier alpha value is -2.74. The van der Waals surface area contributed by atoms with Gasteiger partial charge in [-0.2, -0.15) is 0 Å². The van der Waals surface area contributed by atoms with E-state index in [4.69, 9.17) is 33.0 Å². The van der Waals surface area contributed by atoms with Crippen molar-refractivity contribution in [1.82, 2.24) is 14.5 Å². The van der Waals surface area contributed by atoms with Crippen LogP contribution >= 0.6 is 23.2 Å². The summed E-state index contributed by atoms with van der Waals surface area (Å²) in [6.45, 7) is 2.14. The number of aliphatic hydroxyl groups excluding tert-OH is 1. The van der Waals surface area contributed by atoms with E-state index in [0.29, 0.717) is 22.5 Å². The highest BCUT2D eigenvalue weighted by atomic mass is 35.5. The van der Waals surface area contributed by atoms with E-state index in [-0.39, 0.29) is 12.3 Å². The molecule has 2 aromatic carbocycles. The molecule has 2 heterocycles. The van der Waals surface area contributed by atoms with Gasteiger partial charge in [-0.1, -0.05) is 41.4 Å². The lowest BCUT2D eigenvalue weighted by Gasteiger charge is -2.29. The van der Waals surface area contributed by atoms with E-state index in [2.05, 4.69) is 15.3 Å². The Kier molecular flexibility index (Phi) is 5.12. The number of imidazole rings is 1. The average Bonchev–Trinajstić information content (AvgIpc) is 3.30. The van der Waals surface area contributed by atoms with Crippen LogP contribution in [0.25, 0.3) is 11.0 Å². The Morgan fingerprint density at radius 2 is 2.10 bits per heavy atom. The van der Waals surface area contributed by atoms with E-state index >= 15 is 0 Å².